The van der Waals surface area contributed by atoms with E-state index in [1.54, 1.807) is 6.08 Å². The molecule has 0 radical (unpaired) electrons. The van der Waals surface area contributed by atoms with Gasteiger partial charge in [0.05, 0.1) is 27.8 Å². The van der Waals surface area contributed by atoms with Crippen molar-refractivity contribution in [1.82, 2.24) is 9.13 Å². The van der Waals surface area contributed by atoms with Crippen LogP contribution < -0.4 is 0 Å². The van der Waals surface area contributed by atoms with Crippen LogP contribution in [0.2, 0.25) is 0 Å². The summed E-state index contributed by atoms with van der Waals surface area (Å²) in [5.41, 5.74) is 11.1. The Hall–Kier alpha value is -6.32. The molecule has 0 saturated carbocycles. The van der Waals surface area contributed by atoms with E-state index in [0.29, 0.717) is 0 Å². The summed E-state index contributed by atoms with van der Waals surface area (Å²) < 4.78 is 11.4. The lowest BCUT2D eigenvalue weighted by Gasteiger charge is -2.09. The minimum Gasteiger partial charge on any atom is -0.454 e. The van der Waals surface area contributed by atoms with Crippen molar-refractivity contribution in [2.24, 2.45) is 0 Å². The van der Waals surface area contributed by atoms with Crippen molar-refractivity contribution in [3.63, 3.8) is 0 Å². The Balaban J connectivity index is 0.000000585. The summed E-state index contributed by atoms with van der Waals surface area (Å²) in [6, 6.07) is 56.4. The van der Waals surface area contributed by atoms with Crippen molar-refractivity contribution < 1.29 is 4.42 Å². The number of furan rings is 1. The van der Waals surface area contributed by atoms with Crippen molar-refractivity contribution in [2.45, 2.75) is 27.2 Å². The summed E-state index contributed by atoms with van der Waals surface area (Å²) >= 11 is 0. The molecule has 0 bridgehead atoms. The Morgan fingerprint density at radius 1 is 0.490 bits per heavy atom. The summed E-state index contributed by atoms with van der Waals surface area (Å²) in [7, 11) is 0. The van der Waals surface area contributed by atoms with Gasteiger partial charge in [-0.25, -0.2) is 0 Å². The van der Waals surface area contributed by atoms with Crippen LogP contribution in [0, 0.1) is 0 Å². The molecule has 7 aromatic carbocycles. The van der Waals surface area contributed by atoms with Crippen LogP contribution in [0.1, 0.15) is 27.2 Å². The monoisotopic (exact) mass is 660 g/mol. The van der Waals surface area contributed by atoms with E-state index >= 15 is 0 Å². The quantitative estimate of drug-likeness (QED) is 0.173. The third kappa shape index (κ3) is 5.39. The molecule has 248 valence electrons. The summed E-state index contributed by atoms with van der Waals surface area (Å²) in [5.74, 6) is 0. The molecule has 0 aliphatic carbocycles. The molecule has 3 nitrogen and oxygen atoms in total. The standard InChI is InChI=1S/C42H26N2O.C3H8.C3H6/c1-2-11-27(12-3-1)28-21-23-39-34(25-28)32-15-6-9-19-38(32)44(39)40-20-10-16-33-35-26-29(22-24-41(35)45-42(33)40)43-36-17-7-4-13-30(36)31-14-5-8-18-37(31)43;2*1-3-2/h1-26H;3H2,1-2H3;3H,1H2,2H3. The zero-order valence-corrected chi connectivity index (χ0v) is 29.3. The molecule has 0 atom stereocenters. The maximum Gasteiger partial charge on any atom is 0.159 e. The van der Waals surface area contributed by atoms with Gasteiger partial charge in [-0.3, -0.25) is 0 Å². The second-order valence-electron chi connectivity index (χ2n) is 12.9. The average Bonchev–Trinajstić information content (AvgIpc) is 3.83. The Bertz CT molecular complexity index is 2780. The number of allylic oxidation sites excluding steroid dienone is 1. The fourth-order valence-electron chi connectivity index (χ4n) is 7.33. The molecule has 0 aliphatic heterocycles. The van der Waals surface area contributed by atoms with Gasteiger partial charge < -0.3 is 13.6 Å². The molecule has 0 saturated heterocycles. The molecule has 3 heteroatoms. The molecule has 0 spiro atoms. The number of rotatable bonds is 3. The van der Waals surface area contributed by atoms with Gasteiger partial charge in [0.25, 0.3) is 0 Å². The average molecular weight is 661 g/mol. The molecule has 10 rings (SSSR count). The molecule has 3 aromatic heterocycles. The molecular formula is C48H40N2O. The molecule has 51 heavy (non-hydrogen) atoms. The largest absolute Gasteiger partial charge is 0.454 e. The first-order valence-electron chi connectivity index (χ1n) is 17.8. The molecule has 0 amide bonds. The highest BCUT2D eigenvalue weighted by molar-refractivity contribution is 6.14. The van der Waals surface area contributed by atoms with Crippen molar-refractivity contribution in [2.75, 3.05) is 0 Å². The van der Waals surface area contributed by atoms with E-state index in [-0.39, 0.29) is 0 Å². The maximum absolute atomic E-state index is 6.72. The van der Waals surface area contributed by atoms with Crippen LogP contribution in [-0.4, -0.2) is 9.13 Å². The lowest BCUT2D eigenvalue weighted by Crippen LogP contribution is -1.94. The second kappa shape index (κ2) is 13.5. The zero-order valence-electron chi connectivity index (χ0n) is 29.3. The number of para-hydroxylation sites is 4. The topological polar surface area (TPSA) is 23.0 Å². The number of benzene rings is 7. The highest BCUT2D eigenvalue weighted by Gasteiger charge is 2.19. The molecule has 10 aromatic rings. The normalized spacial score (nSPS) is 11.2. The second-order valence-corrected chi connectivity index (χ2v) is 12.9. The van der Waals surface area contributed by atoms with E-state index in [2.05, 4.69) is 187 Å². The van der Waals surface area contributed by atoms with E-state index in [1.165, 1.54) is 50.1 Å². The summed E-state index contributed by atoms with van der Waals surface area (Å²) in [5, 5.41) is 7.19. The molecule has 0 N–H and O–H groups in total. The van der Waals surface area contributed by atoms with Crippen LogP contribution in [0.5, 0.6) is 0 Å². The van der Waals surface area contributed by atoms with E-state index < -0.39 is 0 Å². The molecule has 0 fully saturated rings. The first kappa shape index (κ1) is 31.9. The van der Waals surface area contributed by atoms with Crippen LogP contribution in [0.25, 0.3) is 88.1 Å². The lowest BCUT2D eigenvalue weighted by molar-refractivity contribution is 0.666. The van der Waals surface area contributed by atoms with E-state index in [1.807, 2.05) is 6.92 Å². The number of aromatic nitrogens is 2. The highest BCUT2D eigenvalue weighted by Crippen LogP contribution is 2.40. The third-order valence-corrected chi connectivity index (χ3v) is 9.32. The lowest BCUT2D eigenvalue weighted by atomic mass is 10.0. The number of fused-ring (bicyclic) bond motifs is 9. The Kier molecular flexibility index (Phi) is 8.47. The molecule has 0 unspecified atom stereocenters. The fourth-order valence-corrected chi connectivity index (χ4v) is 7.33. The molecule has 0 aliphatic rings. The summed E-state index contributed by atoms with van der Waals surface area (Å²) in [4.78, 5) is 0. The van der Waals surface area contributed by atoms with Crippen LogP contribution in [0.4, 0.5) is 0 Å². The van der Waals surface area contributed by atoms with Crippen molar-refractivity contribution in [3.05, 3.63) is 170 Å². The maximum atomic E-state index is 6.72. The summed E-state index contributed by atoms with van der Waals surface area (Å²) in [6.45, 7) is 9.50. The SMILES string of the molecule is C=CC.CCC.c1ccc(-c2ccc3c(c2)c2ccccc2n3-c2cccc3c2oc2ccc(-n4c5ccccc5c5ccccc54)cc23)cc1. The van der Waals surface area contributed by atoms with Crippen molar-refractivity contribution in [3.8, 4) is 22.5 Å². The van der Waals surface area contributed by atoms with Crippen LogP contribution in [0.15, 0.2) is 175 Å². The first-order chi connectivity index (χ1) is 25.2. The smallest absolute Gasteiger partial charge is 0.159 e. The van der Waals surface area contributed by atoms with E-state index in [0.717, 1.165) is 44.3 Å². The van der Waals surface area contributed by atoms with Gasteiger partial charge in [-0.05, 0) is 72.6 Å². The third-order valence-electron chi connectivity index (χ3n) is 9.32. The van der Waals surface area contributed by atoms with Gasteiger partial charge in [-0.15, -0.1) is 6.58 Å². The van der Waals surface area contributed by atoms with Gasteiger partial charge in [0.1, 0.15) is 5.58 Å². The Labute approximate surface area is 298 Å². The van der Waals surface area contributed by atoms with Gasteiger partial charge in [0.2, 0.25) is 0 Å². The van der Waals surface area contributed by atoms with Gasteiger partial charge >= 0.3 is 0 Å². The van der Waals surface area contributed by atoms with E-state index in [4.69, 9.17) is 4.42 Å². The van der Waals surface area contributed by atoms with Gasteiger partial charge in [-0.1, -0.05) is 129 Å². The Morgan fingerprint density at radius 2 is 1.02 bits per heavy atom. The van der Waals surface area contributed by atoms with Gasteiger partial charge in [0, 0.05) is 38.0 Å². The van der Waals surface area contributed by atoms with Gasteiger partial charge in [-0.2, -0.15) is 0 Å². The number of hydrogen-bond donors (Lipinski definition) is 0. The first-order valence-corrected chi connectivity index (χ1v) is 17.8. The predicted molar refractivity (Wildman–Crippen MR) is 220 cm³/mol. The summed E-state index contributed by atoms with van der Waals surface area (Å²) in [6.07, 6.45) is 3.00. The predicted octanol–water partition coefficient (Wildman–Crippen LogP) is 14.1. The highest BCUT2D eigenvalue weighted by atomic mass is 16.3. The Morgan fingerprint density at radius 3 is 1.67 bits per heavy atom. The van der Waals surface area contributed by atoms with Crippen molar-refractivity contribution >= 4 is 65.6 Å². The minimum atomic E-state index is 0.883. The fraction of sp³-hybridized carbons (Fsp3) is 0.0833. The zero-order chi connectivity index (χ0) is 34.9. The number of nitrogens with zero attached hydrogens (tertiary/aromatic N) is 2. The van der Waals surface area contributed by atoms with Gasteiger partial charge in [0.15, 0.2) is 5.58 Å². The van der Waals surface area contributed by atoms with Crippen molar-refractivity contribution in [1.29, 1.82) is 0 Å². The van der Waals surface area contributed by atoms with Crippen LogP contribution >= 0.6 is 0 Å². The van der Waals surface area contributed by atoms with E-state index in [9.17, 15) is 0 Å². The minimum absolute atomic E-state index is 0.883. The van der Waals surface area contributed by atoms with Crippen LogP contribution in [0.3, 0.4) is 0 Å². The number of hydrogen-bond acceptors (Lipinski definition) is 1. The molecule has 3 heterocycles. The molecular weight excluding hydrogens is 621 g/mol. The van der Waals surface area contributed by atoms with Crippen LogP contribution in [-0.2, 0) is 0 Å².